The van der Waals surface area contributed by atoms with Gasteiger partial charge in [-0.15, -0.1) is 0 Å². The van der Waals surface area contributed by atoms with Gasteiger partial charge in [0.2, 0.25) is 0 Å². The van der Waals surface area contributed by atoms with Crippen molar-refractivity contribution in [3.63, 3.8) is 0 Å². The Hall–Kier alpha value is -9.02. The van der Waals surface area contributed by atoms with E-state index in [0.717, 1.165) is 0 Å². The second-order valence-corrected chi connectivity index (χ2v) is 32.0. The predicted octanol–water partition coefficient (Wildman–Crippen LogP) is 15.9. The maximum atomic E-state index is 13.7. The molecule has 19 heteroatoms. The molecule has 3 aliphatic rings. The van der Waals surface area contributed by atoms with E-state index in [-0.39, 0.29) is 66.9 Å². The van der Waals surface area contributed by atoms with Crippen molar-refractivity contribution in [2.24, 2.45) is 11.8 Å². The smallest absolute Gasteiger partial charge is 0.342 e. The molecule has 3 aliphatic heterocycles. The lowest BCUT2D eigenvalue weighted by molar-refractivity contribution is -0.153. The van der Waals surface area contributed by atoms with Gasteiger partial charge in [0.1, 0.15) is 72.3 Å². The van der Waals surface area contributed by atoms with Crippen LogP contribution in [0, 0.1) is 11.8 Å². The van der Waals surface area contributed by atoms with Gasteiger partial charge in [0.25, 0.3) is 8.32 Å². The molecule has 104 heavy (non-hydrogen) atoms. The molecule has 0 radical (unpaired) electrons. The molecule has 10 atom stereocenters. The van der Waals surface area contributed by atoms with Crippen LogP contribution < -0.4 is 29.3 Å². The lowest BCUT2D eigenvalue weighted by Crippen LogP contribution is -2.67. The minimum atomic E-state index is -2.85. The number of hydrogen-bond donors (Lipinski definition) is 0. The fourth-order valence-corrected chi connectivity index (χ4v) is 17.4. The van der Waals surface area contributed by atoms with Gasteiger partial charge in [-0.05, 0) is 142 Å². The van der Waals surface area contributed by atoms with Crippen LogP contribution >= 0.6 is 0 Å². The molecule has 0 amide bonds. The topological polar surface area (TPSA) is 197 Å². The van der Waals surface area contributed by atoms with Crippen LogP contribution in [-0.2, 0) is 47.1 Å². The van der Waals surface area contributed by atoms with Gasteiger partial charge in [0.05, 0.1) is 28.9 Å². The second-order valence-electron chi connectivity index (χ2n) is 27.7. The minimum Gasteiger partial charge on any atom is -0.489 e. The highest BCUT2D eigenvalue weighted by Crippen LogP contribution is 2.41. The Labute approximate surface area is 614 Å². The lowest BCUT2D eigenvalue weighted by atomic mass is 9.98. The molecule has 0 saturated carbocycles. The first-order valence-corrected chi connectivity index (χ1v) is 37.1. The molecule has 0 bridgehead atoms. The number of methoxy groups -OCH3 is 2. The molecular weight excluding hydrogens is 1340 g/mol. The van der Waals surface area contributed by atoms with Crippen molar-refractivity contribution in [3.05, 3.63) is 241 Å². The van der Waals surface area contributed by atoms with E-state index in [4.69, 9.17) is 66.0 Å². The number of ketones is 1. The van der Waals surface area contributed by atoms with Crippen molar-refractivity contribution >= 4 is 54.5 Å². The van der Waals surface area contributed by atoms with E-state index in [9.17, 15) is 19.2 Å². The highest BCUT2D eigenvalue weighted by molar-refractivity contribution is 6.99. The monoisotopic (exact) mass is 1440 g/mol. The van der Waals surface area contributed by atoms with Crippen molar-refractivity contribution in [1.82, 2.24) is 0 Å². The summed E-state index contributed by atoms with van der Waals surface area (Å²) in [5.41, 5.74) is 2.62. The van der Waals surface area contributed by atoms with Gasteiger partial charge in [-0.1, -0.05) is 193 Å². The van der Waals surface area contributed by atoms with Crippen molar-refractivity contribution < 1.29 is 85.2 Å². The van der Waals surface area contributed by atoms with E-state index in [1.54, 1.807) is 104 Å². The molecule has 6 aromatic rings. The summed E-state index contributed by atoms with van der Waals surface area (Å²) in [6.45, 7) is 31.5. The molecule has 0 N–H and O–H groups in total. The molecule has 2 saturated heterocycles. The molecular formula is C85H102O18Si. The number of carbonyl (C=O) groups excluding carboxylic acids is 4. The van der Waals surface area contributed by atoms with Gasteiger partial charge in [-0.3, -0.25) is 4.79 Å². The number of hydrogen-bond acceptors (Lipinski definition) is 18. The van der Waals surface area contributed by atoms with E-state index in [1.807, 2.05) is 89.3 Å². The number of benzene rings is 6. The highest BCUT2D eigenvalue weighted by Gasteiger charge is 2.52. The molecule has 2 unspecified atom stereocenters. The van der Waals surface area contributed by atoms with E-state index in [1.165, 1.54) is 31.5 Å². The van der Waals surface area contributed by atoms with Crippen LogP contribution in [0.1, 0.15) is 148 Å². The Morgan fingerprint density at radius 1 is 0.673 bits per heavy atom. The number of fused-ring (bicyclic) bond motifs is 2. The summed E-state index contributed by atoms with van der Waals surface area (Å²) in [4.78, 5) is 53.4. The van der Waals surface area contributed by atoms with E-state index >= 15 is 0 Å². The first-order chi connectivity index (χ1) is 49.7. The zero-order chi connectivity index (χ0) is 75.2. The number of carbonyl (C=O) groups is 4. The third-order valence-electron chi connectivity index (χ3n) is 17.9. The van der Waals surface area contributed by atoms with Crippen LogP contribution in [0.25, 0.3) is 12.2 Å². The summed E-state index contributed by atoms with van der Waals surface area (Å²) >= 11 is 0. The summed E-state index contributed by atoms with van der Waals surface area (Å²) in [5.74, 6) is -2.32. The first kappa shape index (κ1) is 80.7. The number of esters is 3. The Balaban J connectivity index is 0.000000279. The van der Waals surface area contributed by atoms with E-state index in [2.05, 4.69) is 102 Å². The molecule has 2 fully saturated rings. The maximum Gasteiger partial charge on any atom is 0.342 e. The predicted molar refractivity (Wildman–Crippen MR) is 405 cm³/mol. The van der Waals surface area contributed by atoms with Gasteiger partial charge in [0.15, 0.2) is 30.9 Å². The molecule has 3 heterocycles. The number of Topliss-reactive ketones (excluding diaryl/α,β-unsaturated/α-hetero) is 1. The van der Waals surface area contributed by atoms with Crippen molar-refractivity contribution in [2.45, 2.75) is 161 Å². The van der Waals surface area contributed by atoms with Gasteiger partial charge in [-0.25, -0.2) is 14.4 Å². The van der Waals surface area contributed by atoms with Gasteiger partial charge < -0.3 is 66.0 Å². The number of ether oxygens (including phenoxy) is 13. The van der Waals surface area contributed by atoms with Crippen LogP contribution in [0.2, 0.25) is 5.04 Å². The van der Waals surface area contributed by atoms with Gasteiger partial charge in [0, 0.05) is 38.4 Å². The Morgan fingerprint density at radius 3 is 1.79 bits per heavy atom. The normalized spacial score (nSPS) is 21.6. The quantitative estimate of drug-likeness (QED) is 0.0112. The summed E-state index contributed by atoms with van der Waals surface area (Å²) in [7, 11) is 0.159. The molecule has 0 aliphatic carbocycles. The van der Waals surface area contributed by atoms with Crippen LogP contribution in [0.15, 0.2) is 207 Å². The van der Waals surface area contributed by atoms with E-state index < -0.39 is 80.5 Å². The molecule has 18 nitrogen and oxygen atoms in total. The molecule has 554 valence electrons. The average molecular weight is 1440 g/mol. The van der Waals surface area contributed by atoms with Crippen LogP contribution in [0.3, 0.4) is 0 Å². The molecule has 6 aromatic carbocycles. The lowest BCUT2D eigenvalue weighted by Gasteiger charge is -2.45. The zero-order valence-electron chi connectivity index (χ0n) is 62.4. The Kier molecular flexibility index (Phi) is 29.2. The van der Waals surface area contributed by atoms with Gasteiger partial charge >= 0.3 is 17.9 Å². The third-order valence-corrected chi connectivity index (χ3v) is 23.0. The summed E-state index contributed by atoms with van der Waals surface area (Å²) in [5, 5.41) is 2.20. The summed E-state index contributed by atoms with van der Waals surface area (Å²) in [6, 6.07) is 45.7. The fourth-order valence-electron chi connectivity index (χ4n) is 12.6. The average Bonchev–Trinajstić information content (AvgIpc) is 0.849. The van der Waals surface area contributed by atoms with Crippen LogP contribution in [0.4, 0.5) is 0 Å². The van der Waals surface area contributed by atoms with Crippen LogP contribution in [-0.4, -0.2) is 133 Å². The fraction of sp³-hybridized carbons (Fsp3) is 0.388. The standard InChI is InChI=1S/C51H62O9Si.C34H40O9/c1-11-32-55-41-33-40(47(37(3)52)46(34-41)56-35-54-10)24-21-29-45-48(59-51(8,9)58-45)44(57-49(53)39-22-15-12-16-23-39)31-30-36(2)38(4)60-61(50(5,6)7,42-25-17-13-18-26-42)43-27-19-14-20-28-43;1-7-18-38-26-19-25-14-11-15-28-31(43-34(4,5)42-28)27(41-32(35)24-12-9-8-10-13-24)17-16-22(2)23(3)40-33(36)30(25)29(20-26)39-21-37-6/h11-28,30-31,33-34,36,38,44-45,48H,1,29,32,35H2,2-10H3;7-14,16-17,19-20,22-23,27-28,31H,1,15,18,21H2,2-6H3/b24-21+,31-30-;14-11+,17-16-/t36-,38-,44?,45+,48-;22-,23+,27?,28+,31-/m11/s1. The van der Waals surface area contributed by atoms with Crippen molar-refractivity contribution in [1.29, 1.82) is 0 Å². The summed E-state index contributed by atoms with van der Waals surface area (Å²) < 4.78 is 84.7. The second kappa shape index (κ2) is 37.6. The molecule has 0 aromatic heterocycles. The zero-order valence-corrected chi connectivity index (χ0v) is 63.4. The highest BCUT2D eigenvalue weighted by atomic mass is 28.4. The Bertz CT molecular complexity index is 3900. The number of rotatable bonds is 28. The largest absolute Gasteiger partial charge is 0.489 e. The van der Waals surface area contributed by atoms with Crippen LogP contribution in [0.5, 0.6) is 23.0 Å². The summed E-state index contributed by atoms with van der Waals surface area (Å²) in [6.07, 6.45) is 14.5. The molecule has 0 spiro atoms. The Morgan fingerprint density at radius 2 is 1.22 bits per heavy atom. The third kappa shape index (κ3) is 21.6. The van der Waals surface area contributed by atoms with E-state index in [0.29, 0.717) is 57.9 Å². The maximum absolute atomic E-state index is 13.7. The first-order valence-electron chi connectivity index (χ1n) is 35.2. The number of cyclic esters (lactones) is 1. The minimum absolute atomic E-state index is 0.0437. The van der Waals surface area contributed by atoms with Crippen molar-refractivity contribution in [3.8, 4) is 23.0 Å². The van der Waals surface area contributed by atoms with Crippen molar-refractivity contribution in [2.75, 3.05) is 41.0 Å². The SMILES string of the molecule is C=CCOc1cc(/C=C/C[C@@H]2OC(C)(C)O[C@@H]2C(/C=C\[C@@H](C)[C@@H](C)O[Si](c2ccccc2)(c2ccccc2)C(C)(C)C)OC(=O)c2ccccc2)c(C(C)=O)c(OCOC)c1.C=CCOc1cc2c(c(OCOC)c1)C(=O)O[C@@H](C)[C@H](C)/C=C\C(OC(=O)c1ccccc1)[C@H]1OC(C)(C)O[C@H]1C/C=C/2. The van der Waals surface area contributed by atoms with Gasteiger partial charge in [-0.2, -0.15) is 0 Å². The molecule has 9 rings (SSSR count).